The van der Waals surface area contributed by atoms with Gasteiger partial charge >= 0.3 is 6.18 Å². The Bertz CT molecular complexity index is 863. The molecular formula is C22H23F3O3. The Kier molecular flexibility index (Phi) is 5.00. The standard InChI is InChI=1S/C22H23F3O3/c1-26-19-11-16-15-8-3-4-9-18(15)28-21(17(16)12-20(19)27-2)13-6-5-7-14(10-13)22(23,24)25/h5-7,10-12,15,18,21H,3-4,8-9H2,1-2H3/t15-,18+,21+/m0/s1. The van der Waals surface area contributed by atoms with E-state index in [4.69, 9.17) is 14.2 Å². The normalized spacial score (nSPS) is 24.2. The van der Waals surface area contributed by atoms with E-state index in [1.54, 1.807) is 20.3 Å². The van der Waals surface area contributed by atoms with Gasteiger partial charge < -0.3 is 14.2 Å². The molecule has 1 fully saturated rings. The molecule has 0 unspecified atom stereocenters. The molecule has 0 spiro atoms. The maximum atomic E-state index is 13.2. The minimum absolute atomic E-state index is 0.00102. The van der Waals surface area contributed by atoms with Gasteiger partial charge in [-0.2, -0.15) is 13.2 Å². The fourth-order valence-electron chi connectivity index (χ4n) is 4.46. The minimum Gasteiger partial charge on any atom is -0.493 e. The van der Waals surface area contributed by atoms with Crippen LogP contribution < -0.4 is 9.47 Å². The number of ether oxygens (including phenoxy) is 3. The van der Waals surface area contributed by atoms with Crippen LogP contribution in [0.25, 0.3) is 0 Å². The van der Waals surface area contributed by atoms with Gasteiger partial charge in [-0.25, -0.2) is 0 Å². The molecule has 1 heterocycles. The quantitative estimate of drug-likeness (QED) is 0.654. The molecule has 150 valence electrons. The monoisotopic (exact) mass is 392 g/mol. The first-order chi connectivity index (χ1) is 13.4. The molecule has 0 saturated heterocycles. The summed E-state index contributed by atoms with van der Waals surface area (Å²) in [6.07, 6.45) is -0.851. The average molecular weight is 392 g/mol. The van der Waals surface area contributed by atoms with Crippen LogP contribution in [0, 0.1) is 0 Å². The Morgan fingerprint density at radius 3 is 2.29 bits per heavy atom. The topological polar surface area (TPSA) is 27.7 Å². The highest BCUT2D eigenvalue weighted by molar-refractivity contribution is 5.52. The van der Waals surface area contributed by atoms with E-state index in [1.807, 2.05) is 12.1 Å². The summed E-state index contributed by atoms with van der Waals surface area (Å²) in [4.78, 5) is 0. The summed E-state index contributed by atoms with van der Waals surface area (Å²) in [5, 5.41) is 0. The molecule has 6 heteroatoms. The van der Waals surface area contributed by atoms with Crippen LogP contribution in [0.15, 0.2) is 36.4 Å². The number of hydrogen-bond donors (Lipinski definition) is 0. The molecule has 0 amide bonds. The van der Waals surface area contributed by atoms with Gasteiger partial charge in [0.1, 0.15) is 6.10 Å². The van der Waals surface area contributed by atoms with Gasteiger partial charge in [0.25, 0.3) is 0 Å². The van der Waals surface area contributed by atoms with Gasteiger partial charge in [0.15, 0.2) is 11.5 Å². The van der Waals surface area contributed by atoms with Crippen molar-refractivity contribution in [2.24, 2.45) is 0 Å². The van der Waals surface area contributed by atoms with Crippen LogP contribution >= 0.6 is 0 Å². The Labute approximate surface area is 162 Å². The summed E-state index contributed by atoms with van der Waals surface area (Å²) in [6.45, 7) is 0. The molecule has 1 aliphatic carbocycles. The maximum absolute atomic E-state index is 13.2. The van der Waals surface area contributed by atoms with Gasteiger partial charge in [-0.1, -0.05) is 25.0 Å². The van der Waals surface area contributed by atoms with E-state index >= 15 is 0 Å². The smallest absolute Gasteiger partial charge is 0.416 e. The van der Waals surface area contributed by atoms with Gasteiger partial charge in [-0.3, -0.25) is 0 Å². The lowest BCUT2D eigenvalue weighted by Crippen LogP contribution is -2.34. The predicted octanol–water partition coefficient (Wildman–Crippen LogP) is 5.87. The second-order valence-electron chi connectivity index (χ2n) is 7.40. The number of alkyl halides is 3. The number of fused-ring (bicyclic) bond motifs is 3. The number of benzene rings is 2. The van der Waals surface area contributed by atoms with Crippen molar-refractivity contribution in [1.29, 1.82) is 0 Å². The van der Waals surface area contributed by atoms with Crippen molar-refractivity contribution in [3.63, 3.8) is 0 Å². The van der Waals surface area contributed by atoms with Crippen molar-refractivity contribution >= 4 is 0 Å². The first-order valence-electron chi connectivity index (χ1n) is 9.51. The molecule has 2 aromatic rings. The van der Waals surface area contributed by atoms with Crippen molar-refractivity contribution in [2.75, 3.05) is 14.2 Å². The fourth-order valence-corrected chi connectivity index (χ4v) is 4.46. The van der Waals surface area contributed by atoms with E-state index in [-0.39, 0.29) is 12.0 Å². The molecule has 2 aliphatic rings. The maximum Gasteiger partial charge on any atom is 0.416 e. The summed E-state index contributed by atoms with van der Waals surface area (Å²) in [6, 6.07) is 9.24. The van der Waals surface area contributed by atoms with Crippen LogP contribution in [0.5, 0.6) is 11.5 Å². The van der Waals surface area contributed by atoms with Crippen LogP contribution in [0.1, 0.15) is 60.0 Å². The van der Waals surface area contributed by atoms with Gasteiger partial charge in [0.05, 0.1) is 25.9 Å². The largest absolute Gasteiger partial charge is 0.493 e. The summed E-state index contributed by atoms with van der Waals surface area (Å²) in [7, 11) is 3.14. The Morgan fingerprint density at radius 1 is 0.929 bits per heavy atom. The molecule has 4 rings (SSSR count). The van der Waals surface area contributed by atoms with E-state index in [0.717, 1.165) is 42.9 Å². The highest BCUT2D eigenvalue weighted by Gasteiger charge is 2.39. The zero-order valence-electron chi connectivity index (χ0n) is 15.9. The van der Waals surface area contributed by atoms with Gasteiger partial charge in [-0.15, -0.1) is 0 Å². The van der Waals surface area contributed by atoms with Crippen molar-refractivity contribution in [1.82, 2.24) is 0 Å². The lowest BCUT2D eigenvalue weighted by Gasteiger charge is -2.41. The zero-order valence-corrected chi connectivity index (χ0v) is 15.9. The Morgan fingerprint density at radius 2 is 1.61 bits per heavy atom. The SMILES string of the molecule is COc1cc2c(cc1OC)[C@@H]1CCCC[C@H]1O[C@@H]2c1cccc(C(F)(F)F)c1. The van der Waals surface area contributed by atoms with E-state index in [1.165, 1.54) is 12.1 Å². The molecule has 3 atom stereocenters. The number of rotatable bonds is 3. The van der Waals surface area contributed by atoms with Crippen molar-refractivity contribution in [2.45, 2.75) is 50.0 Å². The number of hydrogen-bond acceptors (Lipinski definition) is 3. The Balaban J connectivity index is 1.85. The van der Waals surface area contributed by atoms with E-state index in [0.29, 0.717) is 17.1 Å². The second-order valence-corrected chi connectivity index (χ2v) is 7.40. The van der Waals surface area contributed by atoms with Crippen molar-refractivity contribution in [3.8, 4) is 11.5 Å². The second kappa shape index (κ2) is 7.32. The van der Waals surface area contributed by atoms with E-state index in [2.05, 4.69) is 0 Å². The molecular weight excluding hydrogens is 369 g/mol. The van der Waals surface area contributed by atoms with E-state index < -0.39 is 17.8 Å². The molecule has 28 heavy (non-hydrogen) atoms. The molecule has 1 saturated carbocycles. The molecule has 0 N–H and O–H groups in total. The third-order valence-electron chi connectivity index (χ3n) is 5.80. The molecule has 0 radical (unpaired) electrons. The molecule has 0 bridgehead atoms. The van der Waals surface area contributed by atoms with Gasteiger partial charge in [0, 0.05) is 5.92 Å². The first kappa shape index (κ1) is 19.1. The van der Waals surface area contributed by atoms with E-state index in [9.17, 15) is 13.2 Å². The Hall–Kier alpha value is -2.21. The van der Waals surface area contributed by atoms with Crippen LogP contribution in [0.4, 0.5) is 13.2 Å². The predicted molar refractivity (Wildman–Crippen MR) is 98.9 cm³/mol. The summed E-state index contributed by atoms with van der Waals surface area (Å²) >= 11 is 0. The molecule has 1 aliphatic heterocycles. The lowest BCUT2D eigenvalue weighted by molar-refractivity contribution is -0.137. The lowest BCUT2D eigenvalue weighted by atomic mass is 9.75. The minimum atomic E-state index is -4.39. The average Bonchev–Trinajstić information content (AvgIpc) is 2.71. The van der Waals surface area contributed by atoms with Crippen LogP contribution in [0.3, 0.4) is 0 Å². The molecule has 2 aromatic carbocycles. The fraction of sp³-hybridized carbons (Fsp3) is 0.455. The summed E-state index contributed by atoms with van der Waals surface area (Å²) < 4.78 is 57.0. The third-order valence-corrected chi connectivity index (χ3v) is 5.80. The van der Waals surface area contributed by atoms with Crippen LogP contribution in [-0.2, 0) is 10.9 Å². The van der Waals surface area contributed by atoms with Crippen LogP contribution in [0.2, 0.25) is 0 Å². The zero-order chi connectivity index (χ0) is 19.9. The van der Waals surface area contributed by atoms with Crippen molar-refractivity contribution < 1.29 is 27.4 Å². The summed E-state index contributed by atoms with van der Waals surface area (Å²) in [5.74, 6) is 1.41. The third kappa shape index (κ3) is 3.34. The molecule has 0 aromatic heterocycles. The summed E-state index contributed by atoms with van der Waals surface area (Å²) in [5.41, 5.74) is 1.80. The van der Waals surface area contributed by atoms with Gasteiger partial charge in [-0.05, 0) is 53.8 Å². The van der Waals surface area contributed by atoms with Crippen molar-refractivity contribution in [3.05, 3.63) is 58.7 Å². The van der Waals surface area contributed by atoms with Gasteiger partial charge in [0.2, 0.25) is 0 Å². The highest BCUT2D eigenvalue weighted by Crippen LogP contribution is 2.50. The highest BCUT2D eigenvalue weighted by atomic mass is 19.4. The van der Waals surface area contributed by atoms with Crippen LogP contribution in [-0.4, -0.2) is 20.3 Å². The number of methoxy groups -OCH3 is 2. The first-order valence-corrected chi connectivity index (χ1v) is 9.51. The number of halogens is 3. The molecule has 3 nitrogen and oxygen atoms in total.